The molecule has 1 fully saturated rings. The summed E-state index contributed by atoms with van der Waals surface area (Å²) in [5.74, 6) is -0.761. The Morgan fingerprint density at radius 2 is 2.08 bits per heavy atom. The number of carbonyl (C=O) groups excluding carboxylic acids is 1. The minimum atomic E-state index is -0.844. The molecule has 2 atom stereocenters. The zero-order valence-corrected chi connectivity index (χ0v) is 15.7. The van der Waals surface area contributed by atoms with Crippen LogP contribution in [0.25, 0.3) is 10.6 Å². The Balaban J connectivity index is 1.76. The van der Waals surface area contributed by atoms with Crippen LogP contribution in [0.3, 0.4) is 0 Å². The fourth-order valence-corrected chi connectivity index (χ4v) is 4.07. The molecule has 1 N–H and O–H groups in total. The minimum Gasteiger partial charge on any atom is -0.494 e. The average molecular weight is 374 g/mol. The molecule has 1 aliphatic rings. The molecule has 7 heteroatoms. The number of amides is 1. The van der Waals surface area contributed by atoms with Crippen molar-refractivity contribution in [1.82, 2.24) is 9.88 Å². The summed E-state index contributed by atoms with van der Waals surface area (Å²) < 4.78 is 5.43. The van der Waals surface area contributed by atoms with Gasteiger partial charge in [-0.05, 0) is 51.0 Å². The van der Waals surface area contributed by atoms with E-state index in [0.29, 0.717) is 31.7 Å². The molecule has 0 unspecified atom stereocenters. The standard InChI is InChI=1S/C19H22N2O4S/c1-3-25-14-8-6-13(7-9-14)17-20-16(11-26-17)18(22)21-10-4-5-15(12(21)2)19(23)24/h6-9,11-12,15H,3-5,10H2,1-2H3,(H,23,24)/t12-,15-/m0/s1. The van der Waals surface area contributed by atoms with Crippen LogP contribution in [0.1, 0.15) is 37.2 Å². The fourth-order valence-electron chi connectivity index (χ4n) is 3.27. The van der Waals surface area contributed by atoms with Gasteiger partial charge in [-0.2, -0.15) is 0 Å². The lowest BCUT2D eigenvalue weighted by atomic mass is 9.90. The van der Waals surface area contributed by atoms with Crippen molar-refractivity contribution in [3.8, 4) is 16.3 Å². The van der Waals surface area contributed by atoms with Gasteiger partial charge in [0.2, 0.25) is 0 Å². The summed E-state index contributed by atoms with van der Waals surface area (Å²) in [6.07, 6.45) is 1.30. The number of nitrogens with zero attached hydrogens (tertiary/aromatic N) is 2. The maximum atomic E-state index is 12.8. The molecule has 2 aromatic rings. The highest BCUT2D eigenvalue weighted by atomic mass is 32.1. The van der Waals surface area contributed by atoms with Crippen molar-refractivity contribution in [2.24, 2.45) is 5.92 Å². The number of benzene rings is 1. The summed E-state index contributed by atoms with van der Waals surface area (Å²) >= 11 is 1.41. The third-order valence-electron chi connectivity index (χ3n) is 4.70. The molecular formula is C19H22N2O4S. The molecule has 0 saturated carbocycles. The molecule has 6 nitrogen and oxygen atoms in total. The average Bonchev–Trinajstić information content (AvgIpc) is 3.12. The topological polar surface area (TPSA) is 79.7 Å². The number of aliphatic carboxylic acids is 1. The number of likely N-dealkylation sites (tertiary alicyclic amines) is 1. The fraction of sp³-hybridized carbons (Fsp3) is 0.421. The van der Waals surface area contributed by atoms with E-state index in [4.69, 9.17) is 4.74 Å². The Hall–Kier alpha value is -2.41. The first-order valence-electron chi connectivity index (χ1n) is 8.73. The van der Waals surface area contributed by atoms with Crippen molar-refractivity contribution in [3.05, 3.63) is 35.3 Å². The van der Waals surface area contributed by atoms with Crippen LogP contribution in [0.4, 0.5) is 0 Å². The number of thiazole rings is 1. The van der Waals surface area contributed by atoms with E-state index in [1.807, 2.05) is 31.2 Å². The van der Waals surface area contributed by atoms with Crippen molar-refractivity contribution in [2.45, 2.75) is 32.7 Å². The normalized spacial score (nSPS) is 20.0. The molecule has 2 heterocycles. The largest absolute Gasteiger partial charge is 0.494 e. The van der Waals surface area contributed by atoms with Gasteiger partial charge in [0.15, 0.2) is 0 Å². The number of carbonyl (C=O) groups is 2. The zero-order valence-electron chi connectivity index (χ0n) is 14.8. The Labute approximate surface area is 156 Å². The number of ether oxygens (including phenoxy) is 1. The lowest BCUT2D eigenvalue weighted by molar-refractivity contribution is -0.144. The van der Waals surface area contributed by atoms with Crippen molar-refractivity contribution < 1.29 is 19.4 Å². The third-order valence-corrected chi connectivity index (χ3v) is 5.59. The highest BCUT2D eigenvalue weighted by Gasteiger charge is 2.36. The first kappa shape index (κ1) is 18.4. The lowest BCUT2D eigenvalue weighted by Gasteiger charge is -2.37. The van der Waals surface area contributed by atoms with E-state index >= 15 is 0 Å². The monoisotopic (exact) mass is 374 g/mol. The smallest absolute Gasteiger partial charge is 0.308 e. The van der Waals surface area contributed by atoms with Crippen LogP contribution in [0.2, 0.25) is 0 Å². The van der Waals surface area contributed by atoms with E-state index in [9.17, 15) is 14.7 Å². The Bertz CT molecular complexity index is 787. The Kier molecular flexibility index (Phi) is 5.56. The number of rotatable bonds is 5. The number of hydrogen-bond donors (Lipinski definition) is 1. The molecule has 1 saturated heterocycles. The van der Waals surface area contributed by atoms with E-state index in [-0.39, 0.29) is 11.9 Å². The second kappa shape index (κ2) is 7.86. The highest BCUT2D eigenvalue weighted by molar-refractivity contribution is 7.13. The van der Waals surface area contributed by atoms with Gasteiger partial charge in [-0.25, -0.2) is 4.98 Å². The van der Waals surface area contributed by atoms with Crippen molar-refractivity contribution >= 4 is 23.2 Å². The molecule has 1 aromatic heterocycles. The summed E-state index contributed by atoms with van der Waals surface area (Å²) in [6, 6.07) is 7.27. The van der Waals surface area contributed by atoms with Crippen molar-refractivity contribution in [1.29, 1.82) is 0 Å². The quantitative estimate of drug-likeness (QED) is 0.866. The number of carboxylic acids is 1. The molecular weight excluding hydrogens is 352 g/mol. The molecule has 138 valence electrons. The van der Waals surface area contributed by atoms with Crippen LogP contribution < -0.4 is 4.74 Å². The maximum Gasteiger partial charge on any atom is 0.308 e. The van der Waals surface area contributed by atoms with Gasteiger partial charge >= 0.3 is 5.97 Å². The summed E-state index contributed by atoms with van der Waals surface area (Å²) in [4.78, 5) is 30.3. The van der Waals surface area contributed by atoms with Crippen LogP contribution in [0, 0.1) is 5.92 Å². The van der Waals surface area contributed by atoms with Crippen LogP contribution in [-0.4, -0.2) is 46.1 Å². The molecule has 1 aromatic carbocycles. The number of piperidine rings is 1. The molecule has 3 rings (SSSR count). The van der Waals surface area contributed by atoms with E-state index in [2.05, 4.69) is 4.98 Å². The molecule has 26 heavy (non-hydrogen) atoms. The van der Waals surface area contributed by atoms with Crippen LogP contribution in [0.5, 0.6) is 5.75 Å². The van der Waals surface area contributed by atoms with Crippen LogP contribution in [-0.2, 0) is 4.79 Å². The summed E-state index contributed by atoms with van der Waals surface area (Å²) in [7, 11) is 0. The van der Waals surface area contributed by atoms with Crippen molar-refractivity contribution in [2.75, 3.05) is 13.2 Å². The SMILES string of the molecule is CCOc1ccc(-c2nc(C(=O)N3CCC[C@H](C(=O)O)[C@@H]3C)cs2)cc1. The van der Waals surface area contributed by atoms with Gasteiger partial charge in [-0.1, -0.05) is 0 Å². The number of aromatic nitrogens is 1. The van der Waals surface area contributed by atoms with Crippen molar-refractivity contribution in [3.63, 3.8) is 0 Å². The van der Waals surface area contributed by atoms with E-state index in [0.717, 1.165) is 16.3 Å². The van der Waals surface area contributed by atoms with Gasteiger partial charge in [-0.15, -0.1) is 11.3 Å². The number of carboxylic acid groups (broad SMARTS) is 1. The van der Waals surface area contributed by atoms with Gasteiger partial charge in [0.05, 0.1) is 12.5 Å². The van der Waals surface area contributed by atoms with E-state index < -0.39 is 11.9 Å². The molecule has 0 spiro atoms. The highest BCUT2D eigenvalue weighted by Crippen LogP contribution is 2.29. The van der Waals surface area contributed by atoms with Crippen LogP contribution >= 0.6 is 11.3 Å². The van der Waals surface area contributed by atoms with Gasteiger partial charge in [-0.3, -0.25) is 9.59 Å². The Morgan fingerprint density at radius 1 is 1.35 bits per heavy atom. The summed E-state index contributed by atoms with van der Waals surface area (Å²) in [5.41, 5.74) is 1.30. The molecule has 0 bridgehead atoms. The maximum absolute atomic E-state index is 12.8. The lowest BCUT2D eigenvalue weighted by Crippen LogP contribution is -2.49. The predicted molar refractivity (Wildman–Crippen MR) is 99.6 cm³/mol. The van der Waals surface area contributed by atoms with E-state index in [1.165, 1.54) is 11.3 Å². The third kappa shape index (κ3) is 3.72. The first-order valence-corrected chi connectivity index (χ1v) is 9.61. The summed E-state index contributed by atoms with van der Waals surface area (Å²) in [5, 5.41) is 11.8. The molecule has 1 aliphatic heterocycles. The minimum absolute atomic E-state index is 0.197. The Morgan fingerprint density at radius 3 is 2.73 bits per heavy atom. The van der Waals surface area contributed by atoms with Gasteiger partial charge in [0.25, 0.3) is 5.91 Å². The molecule has 1 amide bonds. The summed E-state index contributed by atoms with van der Waals surface area (Å²) in [6.45, 7) is 4.92. The van der Waals surface area contributed by atoms with E-state index in [1.54, 1.807) is 17.2 Å². The number of hydrogen-bond acceptors (Lipinski definition) is 5. The van der Waals surface area contributed by atoms with Gasteiger partial charge in [0.1, 0.15) is 16.5 Å². The molecule has 0 aliphatic carbocycles. The van der Waals surface area contributed by atoms with Gasteiger partial charge < -0.3 is 14.7 Å². The predicted octanol–water partition coefficient (Wildman–Crippen LogP) is 3.53. The second-order valence-corrected chi connectivity index (χ2v) is 7.18. The first-order chi connectivity index (χ1) is 12.5. The zero-order chi connectivity index (χ0) is 18.7. The van der Waals surface area contributed by atoms with Gasteiger partial charge in [0, 0.05) is 23.5 Å². The second-order valence-electron chi connectivity index (χ2n) is 6.32. The van der Waals surface area contributed by atoms with Crippen LogP contribution in [0.15, 0.2) is 29.6 Å². The molecule has 0 radical (unpaired) electrons.